The zero-order valence-electron chi connectivity index (χ0n) is 17.7. The molecule has 0 saturated carbocycles. The zero-order chi connectivity index (χ0) is 24.2. The highest BCUT2D eigenvalue weighted by atomic mass is 32.2. The lowest BCUT2D eigenvalue weighted by Gasteiger charge is -2.30. The molecule has 0 spiro atoms. The Morgan fingerprint density at radius 2 is 1.73 bits per heavy atom. The van der Waals surface area contributed by atoms with Crippen molar-refractivity contribution in [3.8, 4) is 0 Å². The van der Waals surface area contributed by atoms with E-state index in [1.165, 1.54) is 60.0 Å². The second-order valence-electron chi connectivity index (χ2n) is 7.50. The summed E-state index contributed by atoms with van der Waals surface area (Å²) in [7, 11) is -7.53. The van der Waals surface area contributed by atoms with Crippen molar-refractivity contribution >= 4 is 37.6 Å². The maximum absolute atomic E-state index is 12.7. The molecular weight excluding hydrogens is 472 g/mol. The van der Waals surface area contributed by atoms with Crippen LogP contribution >= 0.6 is 0 Å². The molecule has 1 aliphatic rings. The maximum atomic E-state index is 12.7. The fourth-order valence-corrected chi connectivity index (χ4v) is 5.23. The van der Waals surface area contributed by atoms with E-state index in [-0.39, 0.29) is 35.7 Å². The predicted molar refractivity (Wildman–Crippen MR) is 118 cm³/mol. The van der Waals surface area contributed by atoms with Crippen LogP contribution in [-0.4, -0.2) is 57.2 Å². The van der Waals surface area contributed by atoms with Crippen LogP contribution in [0.2, 0.25) is 0 Å². The third-order valence-electron chi connectivity index (χ3n) is 5.17. The number of carbonyl (C=O) groups excluding carboxylic acids is 2. The van der Waals surface area contributed by atoms with Gasteiger partial charge in [-0.25, -0.2) is 22.0 Å². The van der Waals surface area contributed by atoms with E-state index in [1.54, 1.807) is 0 Å². The summed E-state index contributed by atoms with van der Waals surface area (Å²) in [6.07, 6.45) is 2.19. The lowest BCUT2D eigenvalue weighted by atomic mass is 9.98. The summed E-state index contributed by atoms with van der Waals surface area (Å²) in [6.45, 7) is 1.70. The second-order valence-corrected chi connectivity index (χ2v) is 11.0. The van der Waals surface area contributed by atoms with Crippen LogP contribution in [0.4, 0.5) is 5.69 Å². The molecule has 0 aliphatic carbocycles. The molecule has 178 valence electrons. The lowest BCUT2D eigenvalue weighted by Crippen LogP contribution is -2.41. The Kier molecular flexibility index (Phi) is 7.47. The SMILES string of the molecule is CC(OC(=O)C1CCN(S(=O)(=O)c2cccnc2)CC1)C(=O)Nc1ccc(S(N)(=O)=O)cc1. The van der Waals surface area contributed by atoms with Gasteiger partial charge < -0.3 is 10.1 Å². The van der Waals surface area contributed by atoms with Crippen LogP contribution in [0, 0.1) is 5.92 Å². The van der Waals surface area contributed by atoms with E-state index in [1.807, 2.05) is 0 Å². The molecule has 13 heteroatoms. The number of aromatic nitrogens is 1. The van der Waals surface area contributed by atoms with Gasteiger partial charge in [-0.3, -0.25) is 14.6 Å². The number of nitrogens with zero attached hydrogens (tertiary/aromatic N) is 2. The van der Waals surface area contributed by atoms with Gasteiger partial charge in [-0.1, -0.05) is 0 Å². The van der Waals surface area contributed by atoms with Crippen molar-refractivity contribution in [2.75, 3.05) is 18.4 Å². The summed E-state index contributed by atoms with van der Waals surface area (Å²) in [6, 6.07) is 8.22. The Morgan fingerprint density at radius 1 is 1.09 bits per heavy atom. The standard InChI is InChI=1S/C20H24N4O7S2/c1-14(19(25)23-16-4-6-17(7-5-16)32(21,27)28)31-20(26)15-8-11-24(12-9-15)33(29,30)18-3-2-10-22-13-18/h2-7,10,13-15H,8-9,11-12H2,1H3,(H,23,25)(H2,21,27,28). The maximum Gasteiger partial charge on any atom is 0.309 e. The van der Waals surface area contributed by atoms with Crippen molar-refractivity contribution in [1.29, 1.82) is 0 Å². The van der Waals surface area contributed by atoms with Gasteiger partial charge in [-0.05, 0) is 56.2 Å². The third kappa shape index (κ3) is 6.13. The van der Waals surface area contributed by atoms with Crippen molar-refractivity contribution in [3.05, 3.63) is 48.8 Å². The van der Waals surface area contributed by atoms with E-state index in [0.29, 0.717) is 5.69 Å². The number of sulfonamides is 2. The quantitative estimate of drug-likeness (QED) is 0.529. The molecule has 1 unspecified atom stereocenters. The van der Waals surface area contributed by atoms with E-state index in [4.69, 9.17) is 9.88 Å². The van der Waals surface area contributed by atoms with Gasteiger partial charge in [-0.2, -0.15) is 4.31 Å². The number of rotatable bonds is 7. The molecule has 33 heavy (non-hydrogen) atoms. The number of nitrogens with two attached hydrogens (primary N) is 1. The van der Waals surface area contributed by atoms with Crippen molar-refractivity contribution < 1.29 is 31.2 Å². The summed E-state index contributed by atoms with van der Waals surface area (Å²) in [5.74, 6) is -1.71. The van der Waals surface area contributed by atoms with Crippen LogP contribution in [-0.2, 0) is 34.4 Å². The molecule has 1 aromatic heterocycles. The molecule has 2 heterocycles. The molecule has 1 aliphatic heterocycles. The molecule has 3 rings (SSSR count). The van der Waals surface area contributed by atoms with Crippen molar-refractivity contribution in [2.45, 2.75) is 35.7 Å². The molecule has 0 bridgehead atoms. The molecule has 3 N–H and O–H groups in total. The predicted octanol–water partition coefficient (Wildman–Crippen LogP) is 0.700. The minimum Gasteiger partial charge on any atom is -0.452 e. The molecule has 2 aromatic rings. The average molecular weight is 497 g/mol. The summed E-state index contributed by atoms with van der Waals surface area (Å²) < 4.78 is 54.5. The Balaban J connectivity index is 1.51. The molecule has 1 amide bonds. The van der Waals surface area contributed by atoms with Crippen LogP contribution in [0.3, 0.4) is 0 Å². The summed E-state index contributed by atoms with van der Waals surface area (Å²) >= 11 is 0. The van der Waals surface area contributed by atoms with Crippen LogP contribution in [0.15, 0.2) is 58.6 Å². The number of piperidine rings is 1. The average Bonchev–Trinajstić information content (AvgIpc) is 2.79. The summed E-state index contributed by atoms with van der Waals surface area (Å²) in [5.41, 5.74) is 0.309. The van der Waals surface area contributed by atoms with Gasteiger partial charge in [-0.15, -0.1) is 0 Å². The molecule has 0 radical (unpaired) electrons. The third-order valence-corrected chi connectivity index (χ3v) is 7.98. The fraction of sp³-hybridized carbons (Fsp3) is 0.350. The second kappa shape index (κ2) is 9.95. The Labute approximate surface area is 192 Å². The molecule has 11 nitrogen and oxygen atoms in total. The first-order valence-corrected chi connectivity index (χ1v) is 13.0. The lowest BCUT2D eigenvalue weighted by molar-refractivity contribution is -0.158. The zero-order valence-corrected chi connectivity index (χ0v) is 19.4. The number of primary sulfonamides is 1. The number of benzene rings is 1. The number of esters is 1. The van der Waals surface area contributed by atoms with Crippen molar-refractivity contribution in [3.63, 3.8) is 0 Å². The first kappa shape index (κ1) is 24.8. The molecule has 1 saturated heterocycles. The van der Waals surface area contributed by atoms with Crippen LogP contribution in [0.1, 0.15) is 19.8 Å². The van der Waals surface area contributed by atoms with E-state index < -0.39 is 43.9 Å². The summed E-state index contributed by atoms with van der Waals surface area (Å²) in [5, 5.41) is 7.56. The topological polar surface area (TPSA) is 166 Å². The van der Waals surface area contributed by atoms with Gasteiger partial charge in [0.15, 0.2) is 6.10 Å². The number of carbonyl (C=O) groups is 2. The molecule has 1 fully saturated rings. The largest absolute Gasteiger partial charge is 0.452 e. The number of hydrogen-bond acceptors (Lipinski definition) is 8. The van der Waals surface area contributed by atoms with Gasteiger partial charge in [0.1, 0.15) is 4.90 Å². The van der Waals surface area contributed by atoms with Crippen molar-refractivity contribution in [2.24, 2.45) is 11.1 Å². The van der Waals surface area contributed by atoms with Crippen LogP contribution in [0.25, 0.3) is 0 Å². The highest BCUT2D eigenvalue weighted by molar-refractivity contribution is 7.89. The van der Waals surface area contributed by atoms with E-state index >= 15 is 0 Å². The Hall–Kier alpha value is -2.87. The first-order valence-electron chi connectivity index (χ1n) is 10.0. The number of pyridine rings is 1. The number of amides is 1. The van der Waals surface area contributed by atoms with Gasteiger partial charge in [0, 0.05) is 31.2 Å². The van der Waals surface area contributed by atoms with Crippen LogP contribution in [0.5, 0.6) is 0 Å². The molecule has 1 aromatic carbocycles. The fourth-order valence-electron chi connectivity index (χ4n) is 3.28. The van der Waals surface area contributed by atoms with Gasteiger partial charge in [0.25, 0.3) is 5.91 Å². The smallest absolute Gasteiger partial charge is 0.309 e. The monoisotopic (exact) mass is 496 g/mol. The minimum absolute atomic E-state index is 0.0911. The number of ether oxygens (including phenoxy) is 1. The summed E-state index contributed by atoms with van der Waals surface area (Å²) in [4.78, 5) is 28.6. The van der Waals surface area contributed by atoms with Gasteiger partial charge in [0.2, 0.25) is 20.0 Å². The van der Waals surface area contributed by atoms with E-state index in [0.717, 1.165) is 0 Å². The van der Waals surface area contributed by atoms with Gasteiger partial charge >= 0.3 is 5.97 Å². The highest BCUT2D eigenvalue weighted by Gasteiger charge is 2.34. The van der Waals surface area contributed by atoms with Crippen LogP contribution < -0.4 is 10.5 Å². The molecule has 1 atom stereocenters. The normalized spacial score (nSPS) is 16.7. The highest BCUT2D eigenvalue weighted by Crippen LogP contribution is 2.24. The Bertz CT molecular complexity index is 1210. The molecular formula is C20H24N4O7S2. The number of hydrogen-bond donors (Lipinski definition) is 2. The number of nitrogens with one attached hydrogen (secondary N) is 1. The van der Waals surface area contributed by atoms with E-state index in [2.05, 4.69) is 10.3 Å². The number of anilines is 1. The first-order chi connectivity index (χ1) is 15.5. The minimum atomic E-state index is -3.85. The van der Waals surface area contributed by atoms with Crippen molar-refractivity contribution in [1.82, 2.24) is 9.29 Å². The Morgan fingerprint density at radius 3 is 2.27 bits per heavy atom. The van der Waals surface area contributed by atoms with E-state index in [9.17, 15) is 26.4 Å². The van der Waals surface area contributed by atoms with Gasteiger partial charge in [0.05, 0.1) is 10.8 Å².